The first-order chi connectivity index (χ1) is 8.34. The summed E-state index contributed by atoms with van der Waals surface area (Å²) < 4.78 is 15.7. The maximum atomic E-state index is 11.2. The van der Waals surface area contributed by atoms with Crippen LogP contribution in [-0.4, -0.2) is 5.97 Å². The molecule has 0 radical (unpaired) electrons. The molecular formula is C11H8I4O3. The van der Waals surface area contributed by atoms with Crippen molar-refractivity contribution in [2.24, 2.45) is 0 Å². The summed E-state index contributed by atoms with van der Waals surface area (Å²) in [6.07, 6.45) is -0.617. The first-order valence-electron chi connectivity index (χ1n) is 5.03. The van der Waals surface area contributed by atoms with E-state index in [4.69, 9.17) is 9.47 Å². The lowest BCUT2D eigenvalue weighted by Crippen LogP contribution is -2.09. The van der Waals surface area contributed by atoms with E-state index < -0.39 is 6.29 Å². The lowest BCUT2D eigenvalue weighted by Gasteiger charge is -2.14. The summed E-state index contributed by atoms with van der Waals surface area (Å²) in [6.45, 7) is 3.39. The average Bonchev–Trinajstić information content (AvgIpc) is 2.59. The molecule has 0 saturated carbocycles. The Morgan fingerprint density at radius 2 is 1.56 bits per heavy atom. The summed E-state index contributed by atoms with van der Waals surface area (Å²) in [5.41, 5.74) is 2.16. The second kappa shape index (κ2) is 6.13. The third-order valence-electron chi connectivity index (χ3n) is 2.58. The van der Waals surface area contributed by atoms with Crippen molar-refractivity contribution >= 4 is 96.3 Å². The predicted octanol–water partition coefficient (Wildman–Crippen LogP) is 4.76. The Morgan fingerprint density at radius 1 is 1.06 bits per heavy atom. The fourth-order valence-electron chi connectivity index (χ4n) is 1.85. The fraction of sp³-hybridized carbons (Fsp3) is 0.364. The normalized spacial score (nSPS) is 21.9. The van der Waals surface area contributed by atoms with E-state index in [1.165, 1.54) is 17.6 Å². The van der Waals surface area contributed by atoms with E-state index >= 15 is 0 Å². The van der Waals surface area contributed by atoms with Gasteiger partial charge in [-0.1, -0.05) is 0 Å². The molecule has 7 heteroatoms. The Balaban J connectivity index is 2.63. The standard InChI is InChI=1S/C11H8I4O3/c1-3-5-6(11(17-3)18-4(2)16)8(13)10(15)9(14)7(5)12/h3,11H,1-2H3. The van der Waals surface area contributed by atoms with Crippen LogP contribution in [0.3, 0.4) is 0 Å². The van der Waals surface area contributed by atoms with E-state index in [-0.39, 0.29) is 12.1 Å². The van der Waals surface area contributed by atoms with Gasteiger partial charge in [0.2, 0.25) is 6.29 Å². The number of ether oxygens (including phenoxy) is 2. The minimum Gasteiger partial charge on any atom is -0.431 e. The number of hydrogen-bond acceptors (Lipinski definition) is 3. The molecule has 3 nitrogen and oxygen atoms in total. The van der Waals surface area contributed by atoms with Crippen molar-refractivity contribution in [2.75, 3.05) is 0 Å². The summed E-state index contributed by atoms with van der Waals surface area (Å²) in [4.78, 5) is 11.2. The highest BCUT2D eigenvalue weighted by atomic mass is 127. The van der Waals surface area contributed by atoms with Gasteiger partial charge < -0.3 is 9.47 Å². The first kappa shape index (κ1) is 15.9. The molecule has 2 atom stereocenters. The van der Waals surface area contributed by atoms with E-state index in [1.807, 2.05) is 6.92 Å². The van der Waals surface area contributed by atoms with Gasteiger partial charge in [-0.25, -0.2) is 0 Å². The Kier molecular flexibility index (Phi) is 5.44. The molecule has 0 N–H and O–H groups in total. The van der Waals surface area contributed by atoms with Crippen molar-refractivity contribution in [1.29, 1.82) is 0 Å². The van der Waals surface area contributed by atoms with Crippen LogP contribution >= 0.6 is 90.4 Å². The van der Waals surface area contributed by atoms with Gasteiger partial charge in [0.15, 0.2) is 0 Å². The van der Waals surface area contributed by atoms with Crippen LogP contribution in [0.15, 0.2) is 0 Å². The number of carbonyl (C=O) groups excluding carboxylic acids is 1. The lowest BCUT2D eigenvalue weighted by molar-refractivity contribution is -0.181. The molecule has 1 aliphatic rings. The van der Waals surface area contributed by atoms with Crippen LogP contribution in [0.25, 0.3) is 0 Å². The summed E-state index contributed by atoms with van der Waals surface area (Å²) in [5, 5.41) is 0. The summed E-state index contributed by atoms with van der Waals surface area (Å²) >= 11 is 9.30. The molecule has 1 aromatic carbocycles. The van der Waals surface area contributed by atoms with Crippen LogP contribution in [0.4, 0.5) is 0 Å². The Bertz CT molecular complexity index is 530. The summed E-state index contributed by atoms with van der Waals surface area (Å²) in [6, 6.07) is 0. The molecule has 18 heavy (non-hydrogen) atoms. The zero-order chi connectivity index (χ0) is 13.6. The van der Waals surface area contributed by atoms with Gasteiger partial charge in [-0.05, 0) is 97.3 Å². The van der Waals surface area contributed by atoms with Crippen LogP contribution in [0.1, 0.15) is 37.4 Å². The van der Waals surface area contributed by atoms with Gasteiger partial charge in [-0.3, -0.25) is 4.79 Å². The van der Waals surface area contributed by atoms with Gasteiger partial charge in [0.25, 0.3) is 0 Å². The number of fused-ring (bicyclic) bond motifs is 1. The molecule has 0 amide bonds. The van der Waals surface area contributed by atoms with E-state index in [1.54, 1.807) is 0 Å². The minimum absolute atomic E-state index is 0.0460. The number of esters is 1. The number of rotatable bonds is 1. The van der Waals surface area contributed by atoms with Gasteiger partial charge in [0.05, 0.1) is 6.10 Å². The molecule has 1 aliphatic heterocycles. The van der Waals surface area contributed by atoms with Crippen LogP contribution in [0.2, 0.25) is 0 Å². The van der Waals surface area contributed by atoms with Crippen molar-refractivity contribution < 1.29 is 14.3 Å². The largest absolute Gasteiger partial charge is 0.431 e. The molecule has 2 unspecified atom stereocenters. The molecule has 0 spiro atoms. The topological polar surface area (TPSA) is 35.5 Å². The maximum Gasteiger partial charge on any atom is 0.305 e. The molecule has 0 aromatic heterocycles. The molecule has 0 fully saturated rings. The average molecular weight is 696 g/mol. The molecule has 1 heterocycles. The van der Waals surface area contributed by atoms with E-state index in [2.05, 4.69) is 90.4 Å². The van der Waals surface area contributed by atoms with Gasteiger partial charge in [-0.2, -0.15) is 0 Å². The number of hydrogen-bond donors (Lipinski definition) is 0. The van der Waals surface area contributed by atoms with E-state index in [0.717, 1.165) is 14.7 Å². The predicted molar refractivity (Wildman–Crippen MR) is 101 cm³/mol. The molecule has 0 aliphatic carbocycles. The number of benzene rings is 1. The van der Waals surface area contributed by atoms with E-state index in [0.29, 0.717) is 0 Å². The summed E-state index contributed by atoms with van der Waals surface area (Å²) in [7, 11) is 0. The van der Waals surface area contributed by atoms with Crippen molar-refractivity contribution in [3.05, 3.63) is 25.4 Å². The smallest absolute Gasteiger partial charge is 0.305 e. The fourth-order valence-corrected chi connectivity index (χ4v) is 5.82. The van der Waals surface area contributed by atoms with Crippen LogP contribution in [0.5, 0.6) is 0 Å². The molecule has 2 rings (SSSR count). The second-order valence-corrected chi connectivity index (χ2v) is 8.12. The third-order valence-corrected chi connectivity index (χ3v) is 10.1. The van der Waals surface area contributed by atoms with Crippen molar-refractivity contribution in [1.82, 2.24) is 0 Å². The molecular weight excluding hydrogens is 688 g/mol. The second-order valence-electron chi connectivity index (χ2n) is 3.80. The van der Waals surface area contributed by atoms with Crippen LogP contribution < -0.4 is 0 Å². The van der Waals surface area contributed by atoms with Crippen LogP contribution in [0, 0.1) is 14.3 Å². The SMILES string of the molecule is CC(=O)OC1OC(C)c2c(I)c(I)c(I)c(I)c21. The number of carbonyl (C=O) groups is 1. The Labute approximate surface area is 160 Å². The van der Waals surface area contributed by atoms with Gasteiger partial charge in [0.1, 0.15) is 0 Å². The van der Waals surface area contributed by atoms with Gasteiger partial charge in [-0.15, -0.1) is 0 Å². The number of halogens is 4. The highest BCUT2D eigenvalue weighted by Gasteiger charge is 2.37. The molecule has 0 saturated heterocycles. The van der Waals surface area contributed by atoms with Gasteiger partial charge >= 0.3 is 5.97 Å². The third kappa shape index (κ3) is 2.79. The zero-order valence-electron chi connectivity index (χ0n) is 9.39. The lowest BCUT2D eigenvalue weighted by atomic mass is 10.1. The molecule has 0 bridgehead atoms. The Morgan fingerprint density at radius 3 is 2.06 bits per heavy atom. The Hall–Kier alpha value is 1.57. The van der Waals surface area contributed by atoms with Crippen molar-refractivity contribution in [3.8, 4) is 0 Å². The highest BCUT2D eigenvalue weighted by molar-refractivity contribution is 14.1. The first-order valence-corrected chi connectivity index (χ1v) is 9.34. The van der Waals surface area contributed by atoms with Crippen molar-refractivity contribution in [3.63, 3.8) is 0 Å². The highest BCUT2D eigenvalue weighted by Crippen LogP contribution is 2.47. The zero-order valence-corrected chi connectivity index (χ0v) is 18.0. The monoisotopic (exact) mass is 696 g/mol. The van der Waals surface area contributed by atoms with Crippen LogP contribution in [-0.2, 0) is 14.3 Å². The quantitative estimate of drug-likeness (QED) is 0.184. The molecule has 1 aromatic rings. The maximum absolute atomic E-state index is 11.2. The minimum atomic E-state index is -0.571. The van der Waals surface area contributed by atoms with Crippen molar-refractivity contribution in [2.45, 2.75) is 26.2 Å². The summed E-state index contributed by atoms with van der Waals surface area (Å²) in [5.74, 6) is -0.320. The molecule has 98 valence electrons. The van der Waals surface area contributed by atoms with Gasteiger partial charge in [0, 0.05) is 32.3 Å². The van der Waals surface area contributed by atoms with E-state index in [9.17, 15) is 4.79 Å².